The summed E-state index contributed by atoms with van der Waals surface area (Å²) in [6.45, 7) is 5.41. The maximum absolute atomic E-state index is 13.9. The van der Waals surface area contributed by atoms with E-state index in [0.29, 0.717) is 17.9 Å². The van der Waals surface area contributed by atoms with Gasteiger partial charge in [-0.05, 0) is 42.8 Å². The molecule has 0 bridgehead atoms. The van der Waals surface area contributed by atoms with E-state index in [1.165, 1.54) is 11.6 Å². The fourth-order valence-electron chi connectivity index (χ4n) is 2.20. The Kier molecular flexibility index (Phi) is 5.76. The molecule has 0 amide bonds. The average Bonchev–Trinajstić information content (AvgIpc) is 2.49. The molecule has 2 aromatic rings. The molecule has 0 aliphatic rings. The number of halogens is 1. The summed E-state index contributed by atoms with van der Waals surface area (Å²) in [6.07, 6.45) is 2.18. The highest BCUT2D eigenvalue weighted by Crippen LogP contribution is 2.27. The molecule has 2 nitrogen and oxygen atoms in total. The van der Waals surface area contributed by atoms with Gasteiger partial charge in [0.15, 0.2) is 0 Å². The fourth-order valence-corrected chi connectivity index (χ4v) is 2.20. The van der Waals surface area contributed by atoms with Crippen molar-refractivity contribution in [1.82, 2.24) is 5.32 Å². The second-order valence-corrected chi connectivity index (χ2v) is 4.99. The average molecular weight is 287 g/mol. The van der Waals surface area contributed by atoms with Gasteiger partial charge in [-0.1, -0.05) is 38.5 Å². The van der Waals surface area contributed by atoms with E-state index in [9.17, 15) is 4.39 Å². The SMILES string of the molecule is CCCc1ccc(Oc2cccc(F)c2CNCC)cc1. The van der Waals surface area contributed by atoms with Gasteiger partial charge in [0.1, 0.15) is 17.3 Å². The standard InChI is InChI=1S/C18H22FNO/c1-3-6-14-9-11-15(12-10-14)21-18-8-5-7-17(19)16(18)13-20-4-2/h5,7-12,20H,3-4,6,13H2,1-2H3. The molecule has 0 spiro atoms. The molecule has 112 valence electrons. The van der Waals surface area contributed by atoms with E-state index in [2.05, 4.69) is 24.4 Å². The molecule has 2 aromatic carbocycles. The largest absolute Gasteiger partial charge is 0.457 e. The van der Waals surface area contributed by atoms with Gasteiger partial charge in [0.2, 0.25) is 0 Å². The molecule has 0 aliphatic heterocycles. The van der Waals surface area contributed by atoms with Crippen LogP contribution >= 0.6 is 0 Å². The van der Waals surface area contributed by atoms with Gasteiger partial charge < -0.3 is 10.1 Å². The number of hydrogen-bond acceptors (Lipinski definition) is 2. The van der Waals surface area contributed by atoms with Crippen LogP contribution in [0.15, 0.2) is 42.5 Å². The van der Waals surface area contributed by atoms with Crippen LogP contribution in [0.2, 0.25) is 0 Å². The molecular weight excluding hydrogens is 265 g/mol. The topological polar surface area (TPSA) is 21.3 Å². The van der Waals surface area contributed by atoms with Crippen molar-refractivity contribution >= 4 is 0 Å². The van der Waals surface area contributed by atoms with Crippen molar-refractivity contribution in [3.63, 3.8) is 0 Å². The van der Waals surface area contributed by atoms with Gasteiger partial charge in [-0.25, -0.2) is 4.39 Å². The Balaban J connectivity index is 2.16. The number of hydrogen-bond donors (Lipinski definition) is 1. The number of ether oxygens (including phenoxy) is 1. The van der Waals surface area contributed by atoms with Crippen LogP contribution in [0.1, 0.15) is 31.4 Å². The number of aryl methyl sites for hydroxylation is 1. The van der Waals surface area contributed by atoms with Gasteiger partial charge in [-0.2, -0.15) is 0 Å². The quantitative estimate of drug-likeness (QED) is 0.798. The summed E-state index contributed by atoms with van der Waals surface area (Å²) >= 11 is 0. The van der Waals surface area contributed by atoms with E-state index in [4.69, 9.17) is 4.74 Å². The molecule has 0 saturated heterocycles. The van der Waals surface area contributed by atoms with Crippen LogP contribution in [0.3, 0.4) is 0 Å². The second-order valence-electron chi connectivity index (χ2n) is 4.99. The lowest BCUT2D eigenvalue weighted by Gasteiger charge is -2.12. The Morgan fingerprint density at radius 1 is 1.05 bits per heavy atom. The van der Waals surface area contributed by atoms with Crippen LogP contribution in [-0.4, -0.2) is 6.54 Å². The number of nitrogens with one attached hydrogen (secondary N) is 1. The predicted octanol–water partition coefficient (Wildman–Crippen LogP) is 4.68. The minimum Gasteiger partial charge on any atom is -0.457 e. The third kappa shape index (κ3) is 4.30. The molecule has 0 heterocycles. The van der Waals surface area contributed by atoms with Crippen LogP contribution in [0.25, 0.3) is 0 Å². The van der Waals surface area contributed by atoms with Gasteiger partial charge in [-0.3, -0.25) is 0 Å². The Labute approximate surface area is 126 Å². The zero-order chi connectivity index (χ0) is 15.1. The molecule has 0 fully saturated rings. The third-order valence-corrected chi connectivity index (χ3v) is 3.32. The summed E-state index contributed by atoms with van der Waals surface area (Å²) in [6, 6.07) is 12.9. The van der Waals surface area contributed by atoms with E-state index >= 15 is 0 Å². The van der Waals surface area contributed by atoms with Crippen molar-refractivity contribution in [3.05, 3.63) is 59.4 Å². The van der Waals surface area contributed by atoms with Gasteiger partial charge in [-0.15, -0.1) is 0 Å². The van der Waals surface area contributed by atoms with Crippen molar-refractivity contribution < 1.29 is 9.13 Å². The summed E-state index contributed by atoms with van der Waals surface area (Å²) in [4.78, 5) is 0. The lowest BCUT2D eigenvalue weighted by Crippen LogP contribution is -2.13. The van der Waals surface area contributed by atoms with Crippen molar-refractivity contribution in [2.45, 2.75) is 33.2 Å². The van der Waals surface area contributed by atoms with Gasteiger partial charge in [0.25, 0.3) is 0 Å². The third-order valence-electron chi connectivity index (χ3n) is 3.32. The molecule has 0 aliphatic carbocycles. The zero-order valence-electron chi connectivity index (χ0n) is 12.7. The normalized spacial score (nSPS) is 10.6. The first-order valence-corrected chi connectivity index (χ1v) is 7.49. The Hall–Kier alpha value is -1.87. The van der Waals surface area contributed by atoms with Gasteiger partial charge >= 0.3 is 0 Å². The molecule has 0 saturated carbocycles. The van der Waals surface area contributed by atoms with Gasteiger partial charge in [0.05, 0.1) is 0 Å². The smallest absolute Gasteiger partial charge is 0.134 e. The van der Waals surface area contributed by atoms with Crippen molar-refractivity contribution in [2.75, 3.05) is 6.54 Å². The van der Waals surface area contributed by atoms with E-state index < -0.39 is 0 Å². The van der Waals surface area contributed by atoms with Gasteiger partial charge in [0, 0.05) is 12.1 Å². The molecule has 0 atom stereocenters. The van der Waals surface area contributed by atoms with E-state index in [0.717, 1.165) is 25.1 Å². The maximum atomic E-state index is 13.9. The lowest BCUT2D eigenvalue weighted by atomic mass is 10.1. The summed E-state index contributed by atoms with van der Waals surface area (Å²) < 4.78 is 19.8. The van der Waals surface area contributed by atoms with Crippen LogP contribution in [0, 0.1) is 5.82 Å². The minimum atomic E-state index is -0.240. The lowest BCUT2D eigenvalue weighted by molar-refractivity contribution is 0.462. The molecular formula is C18H22FNO. The first kappa shape index (κ1) is 15.5. The summed E-state index contributed by atoms with van der Waals surface area (Å²) in [7, 11) is 0. The Morgan fingerprint density at radius 3 is 2.48 bits per heavy atom. The maximum Gasteiger partial charge on any atom is 0.134 e. The van der Waals surface area contributed by atoms with Crippen LogP contribution in [0.4, 0.5) is 4.39 Å². The Morgan fingerprint density at radius 2 is 1.81 bits per heavy atom. The summed E-state index contributed by atoms with van der Waals surface area (Å²) in [5.41, 5.74) is 1.86. The first-order chi connectivity index (χ1) is 10.2. The van der Waals surface area contributed by atoms with Crippen LogP contribution in [-0.2, 0) is 13.0 Å². The first-order valence-electron chi connectivity index (χ1n) is 7.49. The highest BCUT2D eigenvalue weighted by Gasteiger charge is 2.10. The highest BCUT2D eigenvalue weighted by atomic mass is 19.1. The molecule has 0 unspecified atom stereocenters. The minimum absolute atomic E-state index is 0.240. The highest BCUT2D eigenvalue weighted by molar-refractivity contribution is 5.39. The molecule has 21 heavy (non-hydrogen) atoms. The molecule has 3 heteroatoms. The molecule has 1 N–H and O–H groups in total. The van der Waals surface area contributed by atoms with Crippen molar-refractivity contribution in [1.29, 1.82) is 0 Å². The second kappa shape index (κ2) is 7.79. The molecule has 0 aromatic heterocycles. The van der Waals surface area contributed by atoms with Crippen LogP contribution in [0.5, 0.6) is 11.5 Å². The molecule has 2 rings (SSSR count). The van der Waals surface area contributed by atoms with Crippen LogP contribution < -0.4 is 10.1 Å². The number of rotatable bonds is 7. The summed E-state index contributed by atoms with van der Waals surface area (Å²) in [5.74, 6) is 1.06. The fraction of sp³-hybridized carbons (Fsp3) is 0.333. The zero-order valence-corrected chi connectivity index (χ0v) is 12.7. The van der Waals surface area contributed by atoms with Crippen molar-refractivity contribution in [2.24, 2.45) is 0 Å². The van der Waals surface area contributed by atoms with E-state index in [-0.39, 0.29) is 5.82 Å². The van der Waals surface area contributed by atoms with E-state index in [1.54, 1.807) is 12.1 Å². The van der Waals surface area contributed by atoms with E-state index in [1.807, 2.05) is 19.1 Å². The number of benzene rings is 2. The predicted molar refractivity (Wildman–Crippen MR) is 84.3 cm³/mol. The Bertz CT molecular complexity index is 566. The van der Waals surface area contributed by atoms with Crippen molar-refractivity contribution in [3.8, 4) is 11.5 Å². The summed E-state index contributed by atoms with van der Waals surface area (Å²) in [5, 5.41) is 3.14. The monoisotopic (exact) mass is 287 g/mol. The molecule has 0 radical (unpaired) electrons.